The molecule has 0 fully saturated rings. The Morgan fingerprint density at radius 3 is 2.57 bits per heavy atom. The summed E-state index contributed by atoms with van der Waals surface area (Å²) in [6.07, 6.45) is 3.26. The molecule has 5 nitrogen and oxygen atoms in total. The first-order valence-corrected chi connectivity index (χ1v) is 7.37. The maximum atomic E-state index is 12.1. The number of ether oxygens (including phenoxy) is 1. The Hall–Kier alpha value is -2.34. The number of pyridine rings is 1. The topological polar surface area (TPSA) is 68.3 Å². The lowest BCUT2D eigenvalue weighted by Crippen LogP contribution is -2.14. The zero-order valence-corrected chi connectivity index (χ0v) is 12.4. The SMILES string of the molecule is COC(=O)c1ccc(C(=O)Nc2ccccc2SC)nc1. The average molecular weight is 302 g/mol. The number of hydrogen-bond donors (Lipinski definition) is 1. The van der Waals surface area contributed by atoms with Crippen LogP contribution in [0.1, 0.15) is 20.8 Å². The van der Waals surface area contributed by atoms with E-state index >= 15 is 0 Å². The Bertz CT molecular complexity index is 656. The van der Waals surface area contributed by atoms with Crippen LogP contribution in [0.25, 0.3) is 0 Å². The number of benzene rings is 1. The third-order valence-electron chi connectivity index (χ3n) is 2.77. The Balaban J connectivity index is 2.15. The van der Waals surface area contributed by atoms with E-state index in [1.807, 2.05) is 30.5 Å². The molecule has 108 valence electrons. The maximum absolute atomic E-state index is 12.1. The second-order valence-corrected chi connectivity index (χ2v) is 4.93. The van der Waals surface area contributed by atoms with Crippen molar-refractivity contribution in [2.24, 2.45) is 0 Å². The van der Waals surface area contributed by atoms with Gasteiger partial charge in [0, 0.05) is 11.1 Å². The number of nitrogens with zero attached hydrogens (tertiary/aromatic N) is 1. The fourth-order valence-electron chi connectivity index (χ4n) is 1.70. The molecular formula is C15H14N2O3S. The second-order valence-electron chi connectivity index (χ2n) is 4.08. The molecule has 6 heteroatoms. The maximum Gasteiger partial charge on any atom is 0.339 e. The molecule has 1 amide bonds. The van der Waals surface area contributed by atoms with E-state index in [-0.39, 0.29) is 11.6 Å². The van der Waals surface area contributed by atoms with E-state index in [1.165, 1.54) is 25.4 Å². The molecule has 0 unspecified atom stereocenters. The number of amides is 1. The van der Waals surface area contributed by atoms with Gasteiger partial charge in [0.25, 0.3) is 5.91 Å². The Kier molecular flexibility index (Phi) is 4.94. The summed E-state index contributed by atoms with van der Waals surface area (Å²) >= 11 is 1.55. The zero-order chi connectivity index (χ0) is 15.2. The van der Waals surface area contributed by atoms with Crippen molar-refractivity contribution in [3.8, 4) is 0 Å². The van der Waals surface area contributed by atoms with Crippen molar-refractivity contribution in [2.75, 3.05) is 18.7 Å². The van der Waals surface area contributed by atoms with Crippen molar-refractivity contribution in [1.29, 1.82) is 0 Å². The van der Waals surface area contributed by atoms with Gasteiger partial charge in [0.05, 0.1) is 18.4 Å². The third-order valence-corrected chi connectivity index (χ3v) is 3.57. The van der Waals surface area contributed by atoms with E-state index < -0.39 is 5.97 Å². The highest BCUT2D eigenvalue weighted by molar-refractivity contribution is 7.98. The first kappa shape index (κ1) is 15.1. The van der Waals surface area contributed by atoms with Crippen LogP contribution in [0.5, 0.6) is 0 Å². The molecule has 0 radical (unpaired) electrons. The summed E-state index contributed by atoms with van der Waals surface area (Å²) in [6.45, 7) is 0. The minimum absolute atomic E-state index is 0.235. The zero-order valence-electron chi connectivity index (χ0n) is 11.6. The quantitative estimate of drug-likeness (QED) is 0.695. The second kappa shape index (κ2) is 6.90. The number of thioether (sulfide) groups is 1. The predicted octanol–water partition coefficient (Wildman–Crippen LogP) is 2.84. The van der Waals surface area contributed by atoms with Gasteiger partial charge in [-0.25, -0.2) is 4.79 Å². The van der Waals surface area contributed by atoms with Crippen LogP contribution in [0.2, 0.25) is 0 Å². The van der Waals surface area contributed by atoms with Crippen molar-refractivity contribution in [3.05, 3.63) is 53.9 Å². The summed E-state index contributed by atoms with van der Waals surface area (Å²) < 4.78 is 4.58. The van der Waals surface area contributed by atoms with Gasteiger partial charge in [-0.2, -0.15) is 0 Å². The van der Waals surface area contributed by atoms with Crippen LogP contribution < -0.4 is 5.32 Å². The van der Waals surface area contributed by atoms with E-state index in [2.05, 4.69) is 15.0 Å². The molecule has 1 aromatic heterocycles. The third kappa shape index (κ3) is 3.61. The fraction of sp³-hybridized carbons (Fsp3) is 0.133. The highest BCUT2D eigenvalue weighted by Gasteiger charge is 2.12. The number of para-hydroxylation sites is 1. The summed E-state index contributed by atoms with van der Waals surface area (Å²) in [5.41, 5.74) is 1.27. The number of carbonyl (C=O) groups is 2. The lowest BCUT2D eigenvalue weighted by atomic mass is 10.2. The Labute approximate surface area is 126 Å². The number of aromatic nitrogens is 1. The molecule has 2 rings (SSSR count). The first-order chi connectivity index (χ1) is 10.2. The molecular weight excluding hydrogens is 288 g/mol. The Morgan fingerprint density at radius 2 is 1.95 bits per heavy atom. The summed E-state index contributed by atoms with van der Waals surface area (Å²) in [4.78, 5) is 28.4. The number of hydrogen-bond acceptors (Lipinski definition) is 5. The van der Waals surface area contributed by atoms with Crippen LogP contribution in [0.4, 0.5) is 5.69 Å². The van der Waals surface area contributed by atoms with Gasteiger partial charge in [0.2, 0.25) is 0 Å². The minimum atomic E-state index is -0.484. The smallest absolute Gasteiger partial charge is 0.339 e. The number of esters is 1. The molecule has 0 saturated heterocycles. The van der Waals surface area contributed by atoms with E-state index in [4.69, 9.17) is 0 Å². The van der Waals surface area contributed by atoms with Crippen molar-refractivity contribution >= 4 is 29.3 Å². The Morgan fingerprint density at radius 1 is 1.19 bits per heavy atom. The van der Waals surface area contributed by atoms with Crippen LogP contribution in [0, 0.1) is 0 Å². The summed E-state index contributed by atoms with van der Waals surface area (Å²) in [6, 6.07) is 10.5. The molecule has 21 heavy (non-hydrogen) atoms. The first-order valence-electron chi connectivity index (χ1n) is 6.14. The molecule has 1 aromatic carbocycles. The number of anilines is 1. The van der Waals surface area contributed by atoms with Gasteiger partial charge < -0.3 is 10.1 Å². The van der Waals surface area contributed by atoms with Gasteiger partial charge in [-0.1, -0.05) is 12.1 Å². The van der Waals surface area contributed by atoms with Gasteiger partial charge >= 0.3 is 5.97 Å². The number of methoxy groups -OCH3 is 1. The van der Waals surface area contributed by atoms with Crippen molar-refractivity contribution < 1.29 is 14.3 Å². The molecule has 0 aliphatic heterocycles. The number of carbonyl (C=O) groups excluding carboxylic acids is 2. The standard InChI is InChI=1S/C15H14N2O3S/c1-20-15(19)10-7-8-12(16-9-10)14(18)17-11-5-3-4-6-13(11)21-2/h3-9H,1-2H3,(H,17,18). The molecule has 0 aliphatic carbocycles. The molecule has 0 atom stereocenters. The van der Waals surface area contributed by atoms with Crippen LogP contribution in [0.3, 0.4) is 0 Å². The van der Waals surface area contributed by atoms with Gasteiger partial charge in [0.15, 0.2) is 0 Å². The van der Waals surface area contributed by atoms with Crippen LogP contribution >= 0.6 is 11.8 Å². The lowest BCUT2D eigenvalue weighted by Gasteiger charge is -2.08. The molecule has 0 bridgehead atoms. The van der Waals surface area contributed by atoms with Gasteiger partial charge in [-0.05, 0) is 30.5 Å². The van der Waals surface area contributed by atoms with Gasteiger partial charge in [-0.3, -0.25) is 9.78 Å². The fourth-order valence-corrected chi connectivity index (χ4v) is 2.25. The van der Waals surface area contributed by atoms with Crippen LogP contribution in [0.15, 0.2) is 47.5 Å². The predicted molar refractivity (Wildman–Crippen MR) is 81.8 cm³/mol. The molecule has 0 spiro atoms. The highest BCUT2D eigenvalue weighted by Crippen LogP contribution is 2.24. The largest absolute Gasteiger partial charge is 0.465 e. The van der Waals surface area contributed by atoms with E-state index in [1.54, 1.807) is 11.8 Å². The monoisotopic (exact) mass is 302 g/mol. The molecule has 0 saturated carbocycles. The lowest BCUT2D eigenvalue weighted by molar-refractivity contribution is 0.0600. The van der Waals surface area contributed by atoms with Gasteiger partial charge in [0.1, 0.15) is 5.69 Å². The minimum Gasteiger partial charge on any atom is -0.465 e. The van der Waals surface area contributed by atoms with E-state index in [0.717, 1.165) is 10.6 Å². The van der Waals surface area contributed by atoms with Crippen LogP contribution in [-0.2, 0) is 4.74 Å². The highest BCUT2D eigenvalue weighted by atomic mass is 32.2. The van der Waals surface area contributed by atoms with Crippen molar-refractivity contribution in [1.82, 2.24) is 4.98 Å². The van der Waals surface area contributed by atoms with Crippen LogP contribution in [-0.4, -0.2) is 30.2 Å². The summed E-state index contributed by atoms with van der Waals surface area (Å²) in [5.74, 6) is -0.810. The molecule has 1 N–H and O–H groups in total. The molecule has 0 aliphatic rings. The van der Waals surface area contributed by atoms with E-state index in [9.17, 15) is 9.59 Å². The van der Waals surface area contributed by atoms with E-state index in [0.29, 0.717) is 5.56 Å². The van der Waals surface area contributed by atoms with Gasteiger partial charge in [-0.15, -0.1) is 11.8 Å². The molecule has 1 heterocycles. The normalized spacial score (nSPS) is 10.0. The number of rotatable bonds is 4. The molecule has 2 aromatic rings. The number of nitrogens with one attached hydrogen (secondary N) is 1. The van der Waals surface area contributed by atoms with Crippen molar-refractivity contribution in [2.45, 2.75) is 4.90 Å². The summed E-state index contributed by atoms with van der Waals surface area (Å²) in [7, 11) is 1.29. The van der Waals surface area contributed by atoms with Crippen molar-refractivity contribution in [3.63, 3.8) is 0 Å². The average Bonchev–Trinajstić information content (AvgIpc) is 2.54. The summed E-state index contributed by atoms with van der Waals surface area (Å²) in [5, 5.41) is 2.80.